The molecule has 2 nitrogen and oxygen atoms in total. The van der Waals surface area contributed by atoms with Gasteiger partial charge in [-0.1, -0.05) is 6.07 Å². The number of nitrogens with one attached hydrogen (secondary N) is 1. The molecule has 0 saturated carbocycles. The zero-order valence-electron chi connectivity index (χ0n) is 5.34. The van der Waals surface area contributed by atoms with Crippen LogP contribution in [0.2, 0.25) is 0 Å². The van der Waals surface area contributed by atoms with E-state index in [9.17, 15) is 4.39 Å². The molecule has 3 heteroatoms. The van der Waals surface area contributed by atoms with E-state index in [1.807, 2.05) is 0 Å². The van der Waals surface area contributed by atoms with E-state index < -0.39 is 0 Å². The number of aromatic nitrogens is 1. The summed E-state index contributed by atoms with van der Waals surface area (Å²) < 4.78 is 12.7. The third-order valence-electron chi connectivity index (χ3n) is 1.57. The van der Waals surface area contributed by atoms with Crippen molar-refractivity contribution in [1.82, 2.24) is 10.3 Å². The molecular formula is C7H7FN2. The third kappa shape index (κ3) is 0.885. The van der Waals surface area contributed by atoms with E-state index >= 15 is 0 Å². The van der Waals surface area contributed by atoms with Gasteiger partial charge in [-0.05, 0) is 6.07 Å². The first-order valence-corrected chi connectivity index (χ1v) is 3.22. The highest BCUT2D eigenvalue weighted by molar-refractivity contribution is 5.20. The molecule has 52 valence electrons. The molecule has 1 fully saturated rings. The fraction of sp³-hybridized carbons (Fsp3) is 0.286. The zero-order valence-corrected chi connectivity index (χ0v) is 5.34. The topological polar surface area (TPSA) is 34.8 Å². The Hall–Kier alpha value is -0.960. The summed E-state index contributed by atoms with van der Waals surface area (Å²) in [6, 6.07) is 3.72. The van der Waals surface area contributed by atoms with Crippen molar-refractivity contribution in [3.63, 3.8) is 0 Å². The summed E-state index contributed by atoms with van der Waals surface area (Å²) in [5, 5.41) is 3.01. The molecule has 1 atom stereocenters. The average Bonchev–Trinajstić information content (AvgIpc) is 2.71. The second kappa shape index (κ2) is 2.02. The van der Waals surface area contributed by atoms with Crippen LogP contribution in [-0.2, 0) is 0 Å². The van der Waals surface area contributed by atoms with Gasteiger partial charge in [0.05, 0.1) is 0 Å². The molecule has 0 aromatic carbocycles. The lowest BCUT2D eigenvalue weighted by atomic mass is 10.2. The monoisotopic (exact) mass is 138 g/mol. The van der Waals surface area contributed by atoms with Gasteiger partial charge in [-0.2, -0.15) is 4.39 Å². The van der Waals surface area contributed by atoms with Crippen LogP contribution in [0.15, 0.2) is 18.3 Å². The second-order valence-electron chi connectivity index (χ2n) is 2.34. The summed E-state index contributed by atoms with van der Waals surface area (Å²) in [6.07, 6.45) is 1.46. The first kappa shape index (κ1) is 5.80. The van der Waals surface area contributed by atoms with Gasteiger partial charge in [-0.25, -0.2) is 4.98 Å². The molecule has 2 rings (SSSR count). The molecular weight excluding hydrogens is 131 g/mol. The van der Waals surface area contributed by atoms with Crippen molar-refractivity contribution in [2.75, 3.05) is 6.54 Å². The predicted molar refractivity (Wildman–Crippen MR) is 34.9 cm³/mol. The number of pyridine rings is 1. The minimum Gasteiger partial charge on any atom is -0.307 e. The molecule has 0 bridgehead atoms. The highest BCUT2D eigenvalue weighted by Gasteiger charge is 2.25. The van der Waals surface area contributed by atoms with Crippen molar-refractivity contribution in [2.24, 2.45) is 0 Å². The smallest absolute Gasteiger partial charge is 0.217 e. The summed E-state index contributed by atoms with van der Waals surface area (Å²) >= 11 is 0. The molecule has 0 radical (unpaired) electrons. The van der Waals surface area contributed by atoms with Gasteiger partial charge in [-0.3, -0.25) is 0 Å². The van der Waals surface area contributed by atoms with Crippen molar-refractivity contribution in [2.45, 2.75) is 6.04 Å². The summed E-state index contributed by atoms with van der Waals surface area (Å²) in [5.41, 5.74) is 0.683. The van der Waals surface area contributed by atoms with Gasteiger partial charge >= 0.3 is 0 Å². The summed E-state index contributed by atoms with van der Waals surface area (Å²) in [5.74, 6) is -0.350. The summed E-state index contributed by atoms with van der Waals surface area (Å²) in [4.78, 5) is 3.53. The van der Waals surface area contributed by atoms with Crippen LogP contribution in [0, 0.1) is 5.95 Å². The molecule has 10 heavy (non-hydrogen) atoms. The van der Waals surface area contributed by atoms with E-state index in [-0.39, 0.29) is 12.0 Å². The Labute approximate surface area is 58.1 Å². The highest BCUT2D eigenvalue weighted by Crippen LogP contribution is 2.21. The van der Waals surface area contributed by atoms with Crippen LogP contribution >= 0.6 is 0 Å². The minimum atomic E-state index is -0.350. The first-order valence-electron chi connectivity index (χ1n) is 3.22. The van der Waals surface area contributed by atoms with Gasteiger partial charge in [0.1, 0.15) is 0 Å². The lowest BCUT2D eigenvalue weighted by Gasteiger charge is -1.94. The first-order chi connectivity index (χ1) is 4.88. The van der Waals surface area contributed by atoms with Crippen molar-refractivity contribution in [1.29, 1.82) is 0 Å². The predicted octanol–water partition coefficient (Wildman–Crippen LogP) is 0.865. The largest absolute Gasteiger partial charge is 0.307 e. The van der Waals surface area contributed by atoms with E-state index in [0.29, 0.717) is 5.56 Å². The number of rotatable bonds is 1. The van der Waals surface area contributed by atoms with E-state index in [0.717, 1.165) is 6.54 Å². The second-order valence-corrected chi connectivity index (χ2v) is 2.34. The molecule has 0 aliphatic carbocycles. The van der Waals surface area contributed by atoms with E-state index in [2.05, 4.69) is 10.3 Å². The molecule has 1 aromatic heterocycles. The van der Waals surface area contributed by atoms with Crippen LogP contribution < -0.4 is 5.32 Å². The van der Waals surface area contributed by atoms with Crippen LogP contribution in [0.4, 0.5) is 4.39 Å². The van der Waals surface area contributed by atoms with Crippen molar-refractivity contribution in [3.05, 3.63) is 29.8 Å². The number of nitrogens with zero attached hydrogens (tertiary/aromatic N) is 1. The van der Waals surface area contributed by atoms with Crippen LogP contribution in [0.1, 0.15) is 11.6 Å². The lowest BCUT2D eigenvalue weighted by molar-refractivity contribution is 0.566. The normalized spacial score (nSPS) is 22.7. The van der Waals surface area contributed by atoms with Crippen molar-refractivity contribution in [3.8, 4) is 0 Å². The SMILES string of the molecule is Fc1ncccc1[C@H]1CN1. The van der Waals surface area contributed by atoms with Crippen LogP contribution in [0.3, 0.4) is 0 Å². The molecule has 0 spiro atoms. The Kier molecular flexibility index (Phi) is 1.17. The molecule has 1 N–H and O–H groups in total. The van der Waals surface area contributed by atoms with Crippen LogP contribution in [-0.4, -0.2) is 11.5 Å². The maximum atomic E-state index is 12.7. The molecule has 0 amide bonds. The number of hydrogen-bond acceptors (Lipinski definition) is 2. The van der Waals surface area contributed by atoms with Crippen LogP contribution in [0.25, 0.3) is 0 Å². The van der Waals surface area contributed by atoms with Gasteiger partial charge in [-0.15, -0.1) is 0 Å². The van der Waals surface area contributed by atoms with Gasteiger partial charge < -0.3 is 5.32 Å². The standard InChI is InChI=1S/C7H7FN2/c8-7-5(6-4-10-6)2-1-3-9-7/h1-3,6,10H,4H2/t6-/m1/s1. The average molecular weight is 138 g/mol. The molecule has 1 saturated heterocycles. The van der Waals surface area contributed by atoms with Crippen LogP contribution in [0.5, 0.6) is 0 Å². The minimum absolute atomic E-state index is 0.216. The maximum absolute atomic E-state index is 12.7. The van der Waals surface area contributed by atoms with Gasteiger partial charge in [0.25, 0.3) is 0 Å². The zero-order chi connectivity index (χ0) is 6.97. The molecule has 1 aliphatic rings. The Morgan fingerprint density at radius 2 is 2.50 bits per heavy atom. The molecule has 1 aliphatic heterocycles. The fourth-order valence-corrected chi connectivity index (χ4v) is 0.937. The Morgan fingerprint density at radius 1 is 1.70 bits per heavy atom. The van der Waals surface area contributed by atoms with E-state index in [1.165, 1.54) is 6.20 Å². The molecule has 2 heterocycles. The van der Waals surface area contributed by atoms with Crippen molar-refractivity contribution >= 4 is 0 Å². The highest BCUT2D eigenvalue weighted by atomic mass is 19.1. The lowest BCUT2D eigenvalue weighted by Crippen LogP contribution is -1.92. The Bertz CT molecular complexity index is 245. The summed E-state index contributed by atoms with van der Waals surface area (Å²) in [7, 11) is 0. The number of hydrogen-bond donors (Lipinski definition) is 1. The summed E-state index contributed by atoms with van der Waals surface area (Å²) in [6.45, 7) is 0.878. The fourth-order valence-electron chi connectivity index (χ4n) is 0.937. The number of halogens is 1. The quantitative estimate of drug-likeness (QED) is 0.461. The maximum Gasteiger partial charge on any atom is 0.217 e. The Balaban J connectivity index is 2.39. The molecule has 1 aromatic rings. The van der Waals surface area contributed by atoms with E-state index in [1.54, 1.807) is 12.1 Å². The van der Waals surface area contributed by atoms with Gasteiger partial charge in [0.15, 0.2) is 0 Å². The van der Waals surface area contributed by atoms with Gasteiger partial charge in [0.2, 0.25) is 5.95 Å². The van der Waals surface area contributed by atoms with Crippen molar-refractivity contribution < 1.29 is 4.39 Å². The Morgan fingerprint density at radius 3 is 3.10 bits per heavy atom. The van der Waals surface area contributed by atoms with E-state index in [4.69, 9.17) is 0 Å². The molecule has 0 unspecified atom stereocenters. The van der Waals surface area contributed by atoms with Gasteiger partial charge in [0, 0.05) is 24.3 Å². The third-order valence-corrected chi connectivity index (χ3v) is 1.57.